The van der Waals surface area contributed by atoms with E-state index in [9.17, 15) is 9.59 Å². The minimum atomic E-state index is -1.55. The third kappa shape index (κ3) is 13.6. The lowest BCUT2D eigenvalue weighted by Gasteiger charge is -2.34. The Morgan fingerprint density at radius 1 is 0.520 bits per heavy atom. The third-order valence-electron chi connectivity index (χ3n) is 9.15. The van der Waals surface area contributed by atoms with Crippen molar-refractivity contribution < 1.29 is 13.7 Å². The minimum Gasteiger partial charge on any atom is -0.455 e. The van der Waals surface area contributed by atoms with E-state index in [1.165, 1.54) is 81.4 Å². The van der Waals surface area contributed by atoms with E-state index in [1.807, 2.05) is 12.1 Å². The van der Waals surface area contributed by atoms with Gasteiger partial charge in [0.1, 0.15) is 0 Å². The molecule has 0 aliphatic heterocycles. The molecule has 0 saturated heterocycles. The molecule has 50 heavy (non-hydrogen) atoms. The molecule has 0 amide bonds. The number of ketones is 2. The molecule has 0 bridgehead atoms. The van der Waals surface area contributed by atoms with Gasteiger partial charge in [-0.25, -0.2) is 0 Å². The van der Waals surface area contributed by atoms with Crippen molar-refractivity contribution in [2.75, 3.05) is 0 Å². The predicted octanol–water partition coefficient (Wildman–Crippen LogP) is 14.8. The Hall–Kier alpha value is -1.25. The summed E-state index contributed by atoms with van der Waals surface area (Å²) in [6.07, 6.45) is 15.6. The number of unbranched alkanes of at least 4 members (excludes halogenated alkanes) is 9. The molecular formula is C40H57O3S4Si3. The van der Waals surface area contributed by atoms with E-state index in [0.717, 1.165) is 52.8 Å². The SMILES string of the molecule is CCCCCC(=O)c1ccc(-c2ccc(-c3ccc(-c4ccc(C(=O)CCCCCCCCCC[Si](C)(C)O[Si](C)(C)CCC[Si])s4)s3)s2)s1. The van der Waals surface area contributed by atoms with Gasteiger partial charge >= 0.3 is 0 Å². The van der Waals surface area contributed by atoms with Crippen LogP contribution >= 0.6 is 45.3 Å². The molecule has 4 rings (SSSR count). The zero-order valence-corrected chi connectivity index (χ0v) is 37.3. The summed E-state index contributed by atoms with van der Waals surface area (Å²) >= 11 is 6.82. The van der Waals surface area contributed by atoms with E-state index in [0.29, 0.717) is 12.8 Å². The standard InChI is InChI=1S/C40H57O3S4Si3/c1-6-7-14-18-31(41)33-20-22-35(44-33)37-24-26-39(46-37)40-27-25-38(47-40)36-23-21-34(45-36)32(42)19-15-12-10-8-9-11-13-16-29-49(2,3)43-50(4,5)30-17-28-48/h20-27H,6-19,28-30H2,1-5H3. The van der Waals surface area contributed by atoms with Crippen LogP contribution < -0.4 is 0 Å². The molecular weight excluding hydrogens is 741 g/mol. The van der Waals surface area contributed by atoms with Crippen molar-refractivity contribution in [1.29, 1.82) is 0 Å². The molecule has 3 radical (unpaired) electrons. The van der Waals surface area contributed by atoms with Crippen LogP contribution in [0.4, 0.5) is 0 Å². The van der Waals surface area contributed by atoms with Gasteiger partial charge < -0.3 is 4.12 Å². The van der Waals surface area contributed by atoms with Gasteiger partial charge in [0.15, 0.2) is 28.2 Å². The molecule has 0 aromatic carbocycles. The maximum absolute atomic E-state index is 13.0. The molecule has 0 aliphatic carbocycles. The summed E-state index contributed by atoms with van der Waals surface area (Å²) < 4.78 is 6.74. The summed E-state index contributed by atoms with van der Waals surface area (Å²) in [6.45, 7) is 11.8. The Morgan fingerprint density at radius 2 is 0.880 bits per heavy atom. The lowest BCUT2D eigenvalue weighted by Crippen LogP contribution is -2.44. The predicted molar refractivity (Wildman–Crippen MR) is 229 cm³/mol. The van der Waals surface area contributed by atoms with E-state index in [2.05, 4.69) is 79.8 Å². The molecule has 0 saturated carbocycles. The van der Waals surface area contributed by atoms with Gasteiger partial charge in [-0.05, 0) is 99.6 Å². The van der Waals surface area contributed by atoms with E-state index in [1.54, 1.807) is 45.3 Å². The summed E-state index contributed by atoms with van der Waals surface area (Å²) in [5.41, 5.74) is 0. The van der Waals surface area contributed by atoms with Crippen molar-refractivity contribution in [2.45, 2.75) is 141 Å². The van der Waals surface area contributed by atoms with Crippen molar-refractivity contribution in [2.24, 2.45) is 0 Å². The molecule has 0 unspecified atom stereocenters. The molecule has 4 aromatic heterocycles. The highest BCUT2D eigenvalue weighted by Gasteiger charge is 2.32. The lowest BCUT2D eigenvalue weighted by atomic mass is 10.1. The zero-order valence-electron chi connectivity index (χ0n) is 31.0. The van der Waals surface area contributed by atoms with Gasteiger partial charge in [-0.2, -0.15) is 0 Å². The molecule has 0 fully saturated rings. The monoisotopic (exact) mass is 797 g/mol. The van der Waals surface area contributed by atoms with Crippen molar-refractivity contribution in [3.63, 3.8) is 0 Å². The van der Waals surface area contributed by atoms with Crippen LogP contribution in [0, 0.1) is 0 Å². The first-order chi connectivity index (χ1) is 24.0. The van der Waals surface area contributed by atoms with Gasteiger partial charge in [0.25, 0.3) is 0 Å². The second-order valence-electron chi connectivity index (χ2n) is 14.8. The van der Waals surface area contributed by atoms with Crippen molar-refractivity contribution >= 4 is 83.8 Å². The Balaban J connectivity index is 1.13. The molecule has 3 nitrogen and oxygen atoms in total. The molecule has 0 atom stereocenters. The minimum absolute atomic E-state index is 0.268. The summed E-state index contributed by atoms with van der Waals surface area (Å²) in [4.78, 5) is 34.5. The van der Waals surface area contributed by atoms with Gasteiger partial charge in [-0.3, -0.25) is 9.59 Å². The van der Waals surface area contributed by atoms with Crippen molar-refractivity contribution in [3.05, 3.63) is 58.3 Å². The fourth-order valence-corrected chi connectivity index (χ4v) is 20.2. The molecule has 271 valence electrons. The van der Waals surface area contributed by atoms with E-state index in [4.69, 9.17) is 4.12 Å². The Labute approximate surface area is 324 Å². The summed E-state index contributed by atoms with van der Waals surface area (Å²) in [6, 6.07) is 20.6. The number of Topliss-reactive ketones (excluding diaryl/α,β-unsaturated/α-hetero) is 2. The topological polar surface area (TPSA) is 43.4 Å². The van der Waals surface area contributed by atoms with Crippen molar-refractivity contribution in [1.82, 2.24) is 0 Å². The number of carbonyl (C=O) groups is 2. The van der Waals surface area contributed by atoms with Gasteiger partial charge in [-0.1, -0.05) is 77.2 Å². The number of rotatable bonds is 25. The first-order valence-electron chi connectivity index (χ1n) is 18.8. The van der Waals surface area contributed by atoms with E-state index < -0.39 is 16.6 Å². The molecule has 0 aliphatic rings. The molecule has 0 spiro atoms. The number of carbonyl (C=O) groups excluding carboxylic acids is 2. The number of hydrogen-bond acceptors (Lipinski definition) is 7. The first kappa shape index (κ1) is 41.5. The fraction of sp³-hybridized carbons (Fsp3) is 0.550. The van der Waals surface area contributed by atoms with E-state index in [-0.39, 0.29) is 11.6 Å². The van der Waals surface area contributed by atoms with Crippen LogP contribution in [0.2, 0.25) is 44.3 Å². The molecule has 0 N–H and O–H groups in total. The fourth-order valence-electron chi connectivity index (χ4n) is 6.49. The normalized spacial score (nSPS) is 12.2. The maximum atomic E-state index is 13.0. The molecule has 4 heterocycles. The smallest absolute Gasteiger partial charge is 0.173 e. The van der Waals surface area contributed by atoms with Gasteiger partial charge in [-0.15, -0.1) is 45.3 Å². The summed E-state index contributed by atoms with van der Waals surface area (Å²) in [5.74, 6) is 0.553. The average molecular weight is 798 g/mol. The van der Waals surface area contributed by atoms with Gasteiger partial charge in [0, 0.05) is 52.3 Å². The Morgan fingerprint density at radius 3 is 1.32 bits per heavy atom. The summed E-state index contributed by atoms with van der Waals surface area (Å²) in [7, 11) is 0.542. The van der Waals surface area contributed by atoms with Crippen LogP contribution in [0.15, 0.2) is 48.5 Å². The Kier molecular flexibility index (Phi) is 17.3. The van der Waals surface area contributed by atoms with Crippen LogP contribution in [-0.4, -0.2) is 38.4 Å². The van der Waals surface area contributed by atoms with Crippen LogP contribution in [0.5, 0.6) is 0 Å². The Bertz CT molecular complexity index is 1610. The quantitative estimate of drug-likeness (QED) is 0.0381. The van der Waals surface area contributed by atoms with Crippen molar-refractivity contribution in [3.8, 4) is 29.3 Å². The average Bonchev–Trinajstić information content (AvgIpc) is 3.90. The van der Waals surface area contributed by atoms with Crippen LogP contribution in [-0.2, 0) is 4.12 Å². The second kappa shape index (κ2) is 20.8. The molecule has 10 heteroatoms. The lowest BCUT2D eigenvalue weighted by molar-refractivity contribution is 0.0975. The highest BCUT2D eigenvalue weighted by molar-refractivity contribution is 7.29. The van der Waals surface area contributed by atoms with Crippen LogP contribution in [0.3, 0.4) is 0 Å². The molecule has 4 aromatic rings. The second-order valence-corrected chi connectivity index (χ2v) is 28.5. The van der Waals surface area contributed by atoms with E-state index >= 15 is 0 Å². The van der Waals surface area contributed by atoms with Crippen LogP contribution in [0.1, 0.15) is 116 Å². The largest absolute Gasteiger partial charge is 0.455 e. The first-order valence-corrected chi connectivity index (χ1v) is 29.0. The third-order valence-corrected chi connectivity index (χ3v) is 22.1. The highest BCUT2D eigenvalue weighted by atomic mass is 32.1. The van der Waals surface area contributed by atoms with Gasteiger partial charge in [0.05, 0.1) is 9.75 Å². The number of hydrogen-bond donors (Lipinski definition) is 0. The maximum Gasteiger partial charge on any atom is 0.173 e. The number of thiophene rings is 4. The zero-order chi connectivity index (χ0) is 36.0. The van der Waals surface area contributed by atoms with Crippen LogP contribution in [0.25, 0.3) is 29.3 Å². The summed E-state index contributed by atoms with van der Waals surface area (Å²) in [5, 5.41) is 0. The van der Waals surface area contributed by atoms with Gasteiger partial charge in [0.2, 0.25) is 0 Å². The highest BCUT2D eigenvalue weighted by Crippen LogP contribution is 2.43.